The van der Waals surface area contributed by atoms with Crippen molar-refractivity contribution in [1.82, 2.24) is 0 Å². The standard InChI is InChI=1S/C20H19F2NO3/c1-25-17-10-4-7-15(19(17)26-20(21)22)11-12-18(24)23-13-5-8-14-6-2-3-9-16(14)23/h2-4,6-7,9-12,20H,5,8,13H2,1H3/b12-11+. The normalized spacial score (nSPS) is 13.8. The lowest BCUT2D eigenvalue weighted by Gasteiger charge is -2.28. The molecule has 0 bridgehead atoms. The van der Waals surface area contributed by atoms with Crippen LogP contribution in [-0.4, -0.2) is 26.2 Å². The predicted molar refractivity (Wildman–Crippen MR) is 95.8 cm³/mol. The van der Waals surface area contributed by atoms with Crippen molar-refractivity contribution < 1.29 is 23.0 Å². The minimum atomic E-state index is -2.98. The fourth-order valence-electron chi connectivity index (χ4n) is 3.05. The van der Waals surface area contributed by atoms with Gasteiger partial charge in [-0.1, -0.05) is 30.3 Å². The molecule has 1 heterocycles. The maximum atomic E-state index is 12.7. The van der Waals surface area contributed by atoms with E-state index in [1.807, 2.05) is 24.3 Å². The molecule has 1 aliphatic rings. The summed E-state index contributed by atoms with van der Waals surface area (Å²) in [7, 11) is 1.37. The van der Waals surface area contributed by atoms with Gasteiger partial charge in [-0.25, -0.2) is 0 Å². The van der Waals surface area contributed by atoms with E-state index in [0.717, 1.165) is 24.1 Å². The highest BCUT2D eigenvalue weighted by Crippen LogP contribution is 2.33. The number of halogens is 2. The molecule has 0 aromatic heterocycles. The first-order valence-electron chi connectivity index (χ1n) is 8.29. The Balaban J connectivity index is 1.86. The minimum Gasteiger partial charge on any atom is -0.493 e. The molecule has 3 rings (SSSR count). The zero-order chi connectivity index (χ0) is 18.5. The van der Waals surface area contributed by atoms with Crippen LogP contribution in [0.5, 0.6) is 11.5 Å². The molecule has 6 heteroatoms. The Morgan fingerprint density at radius 3 is 2.77 bits per heavy atom. The third kappa shape index (κ3) is 3.85. The molecule has 2 aromatic carbocycles. The number of hydrogen-bond acceptors (Lipinski definition) is 3. The van der Waals surface area contributed by atoms with Crippen molar-refractivity contribution in [2.45, 2.75) is 19.5 Å². The van der Waals surface area contributed by atoms with E-state index >= 15 is 0 Å². The van der Waals surface area contributed by atoms with Crippen molar-refractivity contribution in [2.75, 3.05) is 18.6 Å². The van der Waals surface area contributed by atoms with Gasteiger partial charge in [-0.05, 0) is 36.6 Å². The van der Waals surface area contributed by atoms with Gasteiger partial charge in [0, 0.05) is 23.9 Å². The van der Waals surface area contributed by atoms with Crippen LogP contribution in [-0.2, 0) is 11.2 Å². The van der Waals surface area contributed by atoms with Gasteiger partial charge in [0.2, 0.25) is 0 Å². The van der Waals surface area contributed by atoms with Gasteiger partial charge in [0.1, 0.15) is 0 Å². The molecule has 0 unspecified atom stereocenters. The molecule has 1 amide bonds. The fourth-order valence-corrected chi connectivity index (χ4v) is 3.05. The molecule has 0 aliphatic carbocycles. The number of amides is 1. The number of nitrogens with zero attached hydrogens (tertiary/aromatic N) is 1. The van der Waals surface area contributed by atoms with Crippen molar-refractivity contribution >= 4 is 17.7 Å². The van der Waals surface area contributed by atoms with E-state index in [9.17, 15) is 13.6 Å². The summed E-state index contributed by atoms with van der Waals surface area (Å²) >= 11 is 0. The van der Waals surface area contributed by atoms with E-state index in [-0.39, 0.29) is 17.4 Å². The van der Waals surface area contributed by atoms with E-state index in [4.69, 9.17) is 4.74 Å². The maximum absolute atomic E-state index is 12.7. The summed E-state index contributed by atoms with van der Waals surface area (Å²) in [5.74, 6) is -0.112. The van der Waals surface area contributed by atoms with Crippen LogP contribution in [0.3, 0.4) is 0 Å². The van der Waals surface area contributed by atoms with Gasteiger partial charge in [-0.15, -0.1) is 0 Å². The highest BCUT2D eigenvalue weighted by atomic mass is 19.3. The largest absolute Gasteiger partial charge is 0.493 e. The number of para-hydroxylation sites is 2. The lowest BCUT2D eigenvalue weighted by molar-refractivity contribution is -0.114. The fraction of sp³-hybridized carbons (Fsp3) is 0.250. The Morgan fingerprint density at radius 2 is 2.00 bits per heavy atom. The minimum absolute atomic E-state index is 0.0897. The first-order chi connectivity index (χ1) is 12.6. The Labute approximate surface area is 150 Å². The summed E-state index contributed by atoms with van der Waals surface area (Å²) in [5.41, 5.74) is 2.37. The van der Waals surface area contributed by atoms with Gasteiger partial charge >= 0.3 is 6.61 Å². The molecular formula is C20H19F2NO3. The van der Waals surface area contributed by atoms with E-state index in [2.05, 4.69) is 4.74 Å². The monoisotopic (exact) mass is 359 g/mol. The van der Waals surface area contributed by atoms with E-state index in [0.29, 0.717) is 12.1 Å². The molecular weight excluding hydrogens is 340 g/mol. The van der Waals surface area contributed by atoms with Gasteiger partial charge in [-0.3, -0.25) is 4.79 Å². The van der Waals surface area contributed by atoms with Crippen LogP contribution >= 0.6 is 0 Å². The molecule has 0 N–H and O–H groups in total. The van der Waals surface area contributed by atoms with Crippen molar-refractivity contribution in [2.24, 2.45) is 0 Å². The number of alkyl halides is 2. The lowest BCUT2D eigenvalue weighted by atomic mass is 10.0. The Morgan fingerprint density at radius 1 is 1.19 bits per heavy atom. The van der Waals surface area contributed by atoms with Crippen molar-refractivity contribution in [3.63, 3.8) is 0 Å². The Kier molecular flexibility index (Phi) is 5.51. The first-order valence-corrected chi connectivity index (χ1v) is 8.29. The Bertz CT molecular complexity index is 820. The zero-order valence-corrected chi connectivity index (χ0v) is 14.3. The number of hydrogen-bond donors (Lipinski definition) is 0. The average Bonchev–Trinajstić information content (AvgIpc) is 2.66. The molecule has 26 heavy (non-hydrogen) atoms. The van der Waals surface area contributed by atoms with Crippen molar-refractivity contribution in [3.05, 3.63) is 59.7 Å². The van der Waals surface area contributed by atoms with Crippen molar-refractivity contribution in [1.29, 1.82) is 0 Å². The van der Waals surface area contributed by atoms with Crippen LogP contribution in [0.15, 0.2) is 48.5 Å². The van der Waals surface area contributed by atoms with Crippen LogP contribution in [0.25, 0.3) is 6.08 Å². The number of aryl methyl sites for hydroxylation is 1. The topological polar surface area (TPSA) is 38.8 Å². The van der Waals surface area contributed by atoms with E-state index < -0.39 is 6.61 Å². The van der Waals surface area contributed by atoms with Gasteiger partial charge in [0.05, 0.1) is 7.11 Å². The summed E-state index contributed by atoms with van der Waals surface area (Å²) in [6, 6.07) is 12.5. The molecule has 0 saturated carbocycles. The number of ether oxygens (including phenoxy) is 2. The summed E-state index contributed by atoms with van der Waals surface area (Å²) in [6.07, 6.45) is 4.66. The van der Waals surface area contributed by atoms with E-state index in [1.165, 1.54) is 25.3 Å². The zero-order valence-electron chi connectivity index (χ0n) is 14.3. The van der Waals surface area contributed by atoms with Crippen LogP contribution < -0.4 is 14.4 Å². The summed E-state index contributed by atoms with van der Waals surface area (Å²) < 4.78 is 35.0. The van der Waals surface area contributed by atoms with Crippen LogP contribution in [0.1, 0.15) is 17.5 Å². The molecule has 0 atom stereocenters. The smallest absolute Gasteiger partial charge is 0.387 e. The molecule has 0 fully saturated rings. The van der Waals surface area contributed by atoms with E-state index in [1.54, 1.807) is 17.0 Å². The van der Waals surface area contributed by atoms with Crippen LogP contribution in [0.4, 0.5) is 14.5 Å². The van der Waals surface area contributed by atoms with Crippen LogP contribution in [0.2, 0.25) is 0 Å². The number of methoxy groups -OCH3 is 1. The number of benzene rings is 2. The van der Waals surface area contributed by atoms with Gasteiger partial charge in [0.25, 0.3) is 5.91 Å². The Hall–Kier alpha value is -2.89. The highest BCUT2D eigenvalue weighted by Gasteiger charge is 2.20. The van der Waals surface area contributed by atoms with Crippen LogP contribution in [0, 0.1) is 0 Å². The predicted octanol–water partition coefficient (Wildman–Crippen LogP) is 4.29. The number of fused-ring (bicyclic) bond motifs is 1. The molecule has 0 saturated heterocycles. The quantitative estimate of drug-likeness (QED) is 0.748. The van der Waals surface area contributed by atoms with Crippen molar-refractivity contribution in [3.8, 4) is 11.5 Å². The average molecular weight is 359 g/mol. The summed E-state index contributed by atoms with van der Waals surface area (Å²) in [4.78, 5) is 14.3. The van der Waals surface area contributed by atoms with Gasteiger partial charge in [-0.2, -0.15) is 8.78 Å². The highest BCUT2D eigenvalue weighted by molar-refractivity contribution is 6.04. The van der Waals surface area contributed by atoms with Gasteiger partial charge in [0.15, 0.2) is 11.5 Å². The lowest BCUT2D eigenvalue weighted by Crippen LogP contribution is -2.34. The number of carbonyl (C=O) groups is 1. The second kappa shape index (κ2) is 7.99. The molecule has 0 spiro atoms. The number of rotatable bonds is 5. The molecule has 1 aliphatic heterocycles. The third-order valence-corrected chi connectivity index (χ3v) is 4.22. The summed E-state index contributed by atoms with van der Waals surface area (Å²) in [5, 5.41) is 0. The number of carbonyl (C=O) groups excluding carboxylic acids is 1. The number of anilines is 1. The summed E-state index contributed by atoms with van der Waals surface area (Å²) in [6.45, 7) is -2.36. The first kappa shape index (κ1) is 17.9. The molecule has 4 nitrogen and oxygen atoms in total. The second-order valence-corrected chi connectivity index (χ2v) is 5.81. The molecule has 136 valence electrons. The SMILES string of the molecule is COc1cccc(/C=C/C(=O)N2CCCc3ccccc32)c1OC(F)F. The molecule has 0 radical (unpaired) electrons. The third-order valence-electron chi connectivity index (χ3n) is 4.22. The maximum Gasteiger partial charge on any atom is 0.387 e. The molecule has 2 aromatic rings. The second-order valence-electron chi connectivity index (χ2n) is 5.81. The van der Waals surface area contributed by atoms with Gasteiger partial charge < -0.3 is 14.4 Å².